The third-order valence-corrected chi connectivity index (χ3v) is 4.31. The molecule has 3 aromatic rings. The Morgan fingerprint density at radius 1 is 1.04 bits per heavy atom. The Morgan fingerprint density at radius 2 is 1.85 bits per heavy atom. The van der Waals surface area contributed by atoms with Crippen LogP contribution in [-0.2, 0) is 6.54 Å². The van der Waals surface area contributed by atoms with Crippen LogP contribution in [-0.4, -0.2) is 29.4 Å². The smallest absolute Gasteiger partial charge is 0.244 e. The predicted molar refractivity (Wildman–Crippen MR) is 106 cm³/mol. The number of hydrogen-bond donors (Lipinski definition) is 2. The second-order valence-corrected chi connectivity index (χ2v) is 6.20. The maximum Gasteiger partial charge on any atom is 0.244 e. The third kappa shape index (κ3) is 4.77. The fraction of sp³-hybridized carbons (Fsp3) is 0.211. The molecule has 2 N–H and O–H groups in total. The summed E-state index contributed by atoms with van der Waals surface area (Å²) in [5, 5.41) is 15.0. The van der Waals surface area contributed by atoms with Gasteiger partial charge in [-0.15, -0.1) is 5.10 Å². The number of anilines is 3. The maximum atomic E-state index is 6.16. The molecule has 2 aromatic carbocycles. The summed E-state index contributed by atoms with van der Waals surface area (Å²) in [5.74, 6) is 2.33. The molecule has 0 unspecified atom stereocenters. The molecule has 0 amide bonds. The van der Waals surface area contributed by atoms with E-state index in [0.717, 1.165) is 16.8 Å². The topological polar surface area (TPSA) is 81.2 Å². The number of hydrogen-bond acceptors (Lipinski definition) is 7. The molecular weight excluding hydrogens is 366 g/mol. The minimum atomic E-state index is 0.410. The summed E-state index contributed by atoms with van der Waals surface area (Å²) < 4.78 is 10.6. The number of nitrogens with one attached hydrogen (secondary N) is 2. The highest BCUT2D eigenvalue weighted by atomic mass is 35.5. The van der Waals surface area contributed by atoms with Crippen LogP contribution in [0.1, 0.15) is 11.1 Å². The van der Waals surface area contributed by atoms with Crippen LogP contribution in [0, 0.1) is 6.92 Å². The summed E-state index contributed by atoms with van der Waals surface area (Å²) in [6, 6.07) is 11.4. The molecule has 8 heteroatoms. The van der Waals surface area contributed by atoms with Crippen molar-refractivity contribution in [3.63, 3.8) is 0 Å². The van der Waals surface area contributed by atoms with E-state index in [0.29, 0.717) is 34.8 Å². The van der Waals surface area contributed by atoms with Crippen molar-refractivity contribution in [1.29, 1.82) is 0 Å². The van der Waals surface area contributed by atoms with Gasteiger partial charge in [0.2, 0.25) is 5.95 Å². The SMILES string of the molecule is COc1ccc(CNc2nncc(Nc3ccc(C)c(Cl)c3)n2)cc1OC. The third-order valence-electron chi connectivity index (χ3n) is 3.90. The van der Waals surface area contributed by atoms with Crippen LogP contribution >= 0.6 is 11.6 Å². The normalized spacial score (nSPS) is 10.4. The Hall–Kier alpha value is -3.06. The molecule has 0 bridgehead atoms. The lowest BCUT2D eigenvalue weighted by Gasteiger charge is -2.11. The van der Waals surface area contributed by atoms with Crippen molar-refractivity contribution in [2.24, 2.45) is 0 Å². The first kappa shape index (κ1) is 18.7. The first-order valence-electron chi connectivity index (χ1n) is 8.26. The zero-order valence-corrected chi connectivity index (χ0v) is 16.0. The van der Waals surface area contributed by atoms with E-state index in [4.69, 9.17) is 21.1 Å². The number of methoxy groups -OCH3 is 2. The fourth-order valence-electron chi connectivity index (χ4n) is 2.43. The first-order chi connectivity index (χ1) is 13.1. The predicted octanol–water partition coefficient (Wildman–Crippen LogP) is 4.21. The summed E-state index contributed by atoms with van der Waals surface area (Å²) in [6.45, 7) is 2.47. The Bertz CT molecular complexity index is 936. The monoisotopic (exact) mass is 385 g/mol. The summed E-state index contributed by atoms with van der Waals surface area (Å²) in [5.41, 5.74) is 2.84. The molecule has 1 heterocycles. The van der Waals surface area contributed by atoms with E-state index in [1.807, 2.05) is 43.3 Å². The molecule has 0 aliphatic heterocycles. The van der Waals surface area contributed by atoms with Gasteiger partial charge < -0.3 is 20.1 Å². The van der Waals surface area contributed by atoms with Crippen LogP contribution in [0.4, 0.5) is 17.5 Å². The average molecular weight is 386 g/mol. The Balaban J connectivity index is 1.68. The Kier molecular flexibility index (Phi) is 5.93. The quantitative estimate of drug-likeness (QED) is 0.630. The number of halogens is 1. The zero-order valence-electron chi connectivity index (χ0n) is 15.3. The summed E-state index contributed by atoms with van der Waals surface area (Å²) >= 11 is 6.16. The summed E-state index contributed by atoms with van der Waals surface area (Å²) in [6.07, 6.45) is 1.55. The van der Waals surface area contributed by atoms with Gasteiger partial charge in [0.05, 0.1) is 20.4 Å². The van der Waals surface area contributed by atoms with E-state index < -0.39 is 0 Å². The fourth-order valence-corrected chi connectivity index (χ4v) is 2.61. The van der Waals surface area contributed by atoms with Gasteiger partial charge in [-0.2, -0.15) is 10.1 Å². The van der Waals surface area contributed by atoms with E-state index in [1.54, 1.807) is 20.4 Å². The van der Waals surface area contributed by atoms with E-state index in [-0.39, 0.29) is 0 Å². The van der Waals surface area contributed by atoms with E-state index in [2.05, 4.69) is 25.8 Å². The van der Waals surface area contributed by atoms with Crippen molar-refractivity contribution in [1.82, 2.24) is 15.2 Å². The van der Waals surface area contributed by atoms with Crippen molar-refractivity contribution in [3.05, 3.63) is 58.7 Å². The number of aromatic nitrogens is 3. The number of rotatable bonds is 7. The van der Waals surface area contributed by atoms with Gasteiger partial charge in [-0.3, -0.25) is 0 Å². The number of benzene rings is 2. The lowest BCUT2D eigenvalue weighted by Crippen LogP contribution is -2.06. The molecule has 1 aromatic heterocycles. The van der Waals surface area contributed by atoms with Gasteiger partial charge in [0.15, 0.2) is 17.3 Å². The van der Waals surface area contributed by atoms with Gasteiger partial charge in [0.1, 0.15) is 0 Å². The highest BCUT2D eigenvalue weighted by Crippen LogP contribution is 2.28. The lowest BCUT2D eigenvalue weighted by atomic mass is 10.2. The minimum absolute atomic E-state index is 0.410. The molecule has 7 nitrogen and oxygen atoms in total. The highest BCUT2D eigenvalue weighted by molar-refractivity contribution is 6.31. The van der Waals surface area contributed by atoms with E-state index in [9.17, 15) is 0 Å². The van der Waals surface area contributed by atoms with E-state index >= 15 is 0 Å². The van der Waals surface area contributed by atoms with Gasteiger partial charge in [-0.25, -0.2) is 0 Å². The molecule has 0 atom stereocenters. The van der Waals surface area contributed by atoms with Crippen LogP contribution in [0.25, 0.3) is 0 Å². The second kappa shape index (κ2) is 8.55. The molecule has 0 aliphatic rings. The van der Waals surface area contributed by atoms with Gasteiger partial charge >= 0.3 is 0 Å². The average Bonchev–Trinajstić information content (AvgIpc) is 2.69. The molecule has 140 valence electrons. The number of aryl methyl sites for hydroxylation is 1. The van der Waals surface area contributed by atoms with Crippen LogP contribution in [0.5, 0.6) is 11.5 Å². The van der Waals surface area contributed by atoms with Crippen molar-refractivity contribution in [3.8, 4) is 11.5 Å². The van der Waals surface area contributed by atoms with Gasteiger partial charge in [-0.1, -0.05) is 23.7 Å². The maximum absolute atomic E-state index is 6.16. The largest absolute Gasteiger partial charge is 0.493 e. The standard InChI is InChI=1S/C19H20ClN5O2/c1-12-4-6-14(9-15(12)20)23-18-11-22-25-19(24-18)21-10-13-5-7-16(26-2)17(8-13)27-3/h4-9,11H,10H2,1-3H3,(H2,21,23,24,25). The molecule has 0 radical (unpaired) electrons. The van der Waals surface area contributed by atoms with Gasteiger partial charge in [0.25, 0.3) is 0 Å². The number of ether oxygens (including phenoxy) is 2. The second-order valence-electron chi connectivity index (χ2n) is 5.80. The highest BCUT2D eigenvalue weighted by Gasteiger charge is 2.06. The van der Waals surface area contributed by atoms with Crippen LogP contribution < -0.4 is 20.1 Å². The van der Waals surface area contributed by atoms with Crippen LogP contribution in [0.2, 0.25) is 5.02 Å². The molecule has 0 spiro atoms. The molecule has 0 saturated carbocycles. The molecule has 0 fully saturated rings. The van der Waals surface area contributed by atoms with Crippen LogP contribution in [0.3, 0.4) is 0 Å². The van der Waals surface area contributed by atoms with Gasteiger partial charge in [-0.05, 0) is 42.3 Å². The molecule has 0 aliphatic carbocycles. The summed E-state index contributed by atoms with van der Waals surface area (Å²) in [7, 11) is 3.21. The van der Waals surface area contributed by atoms with Crippen molar-refractivity contribution >= 4 is 29.1 Å². The van der Waals surface area contributed by atoms with Crippen molar-refractivity contribution in [2.45, 2.75) is 13.5 Å². The van der Waals surface area contributed by atoms with Crippen molar-refractivity contribution < 1.29 is 9.47 Å². The van der Waals surface area contributed by atoms with Crippen molar-refractivity contribution in [2.75, 3.05) is 24.9 Å². The van der Waals surface area contributed by atoms with E-state index in [1.165, 1.54) is 0 Å². The number of nitrogens with zero attached hydrogens (tertiary/aromatic N) is 3. The lowest BCUT2D eigenvalue weighted by molar-refractivity contribution is 0.354. The molecule has 3 rings (SSSR count). The molecular formula is C19H20ClN5O2. The van der Waals surface area contributed by atoms with Gasteiger partial charge in [0, 0.05) is 17.3 Å². The zero-order chi connectivity index (χ0) is 19.2. The Morgan fingerprint density at radius 3 is 2.59 bits per heavy atom. The Labute approximate surface area is 162 Å². The van der Waals surface area contributed by atoms with Crippen LogP contribution in [0.15, 0.2) is 42.6 Å². The molecule has 0 saturated heterocycles. The minimum Gasteiger partial charge on any atom is -0.493 e. The first-order valence-corrected chi connectivity index (χ1v) is 8.64. The summed E-state index contributed by atoms with van der Waals surface area (Å²) in [4.78, 5) is 4.42. The molecule has 27 heavy (non-hydrogen) atoms.